The summed E-state index contributed by atoms with van der Waals surface area (Å²) in [5.74, 6) is 1.10. The van der Waals surface area contributed by atoms with Crippen molar-refractivity contribution in [2.24, 2.45) is 5.73 Å². The molecule has 0 saturated heterocycles. The maximum atomic E-state index is 6.63. The molecule has 3 nitrogen and oxygen atoms in total. The van der Waals surface area contributed by atoms with Crippen LogP contribution in [0.15, 0.2) is 18.2 Å². The molecule has 3 rings (SSSR count). The molecular weight excluding hydrogens is 234 g/mol. The molecule has 0 aliphatic heterocycles. The van der Waals surface area contributed by atoms with Gasteiger partial charge in [0.2, 0.25) is 0 Å². The zero-order valence-electron chi connectivity index (χ0n) is 11.9. The number of aryl methyl sites for hydroxylation is 2. The smallest absolute Gasteiger partial charge is 0.130 e. The number of hydrogen-bond donors (Lipinski definition) is 1. The van der Waals surface area contributed by atoms with Crippen LogP contribution < -0.4 is 5.73 Å². The van der Waals surface area contributed by atoms with Gasteiger partial charge in [-0.15, -0.1) is 0 Å². The predicted molar refractivity (Wildman–Crippen MR) is 79.1 cm³/mol. The van der Waals surface area contributed by atoms with Gasteiger partial charge >= 0.3 is 0 Å². The monoisotopic (exact) mass is 257 g/mol. The molecule has 0 unspecified atom stereocenters. The van der Waals surface area contributed by atoms with Gasteiger partial charge in [0.15, 0.2) is 0 Å². The van der Waals surface area contributed by atoms with Crippen LogP contribution >= 0.6 is 0 Å². The van der Waals surface area contributed by atoms with Crippen molar-refractivity contribution in [3.8, 4) is 0 Å². The Hall–Kier alpha value is -1.35. The highest BCUT2D eigenvalue weighted by molar-refractivity contribution is 5.77. The minimum atomic E-state index is -0.206. The molecule has 0 bridgehead atoms. The molecule has 1 heterocycles. The number of imidazole rings is 1. The number of hydrogen-bond acceptors (Lipinski definition) is 2. The van der Waals surface area contributed by atoms with E-state index in [-0.39, 0.29) is 5.54 Å². The lowest BCUT2D eigenvalue weighted by atomic mass is 9.98. The van der Waals surface area contributed by atoms with Crippen LogP contribution in [0.5, 0.6) is 0 Å². The molecule has 3 heteroatoms. The first-order valence-electron chi connectivity index (χ1n) is 7.40. The van der Waals surface area contributed by atoms with Crippen LogP contribution in [-0.4, -0.2) is 9.55 Å². The number of rotatable bonds is 3. The topological polar surface area (TPSA) is 43.8 Å². The van der Waals surface area contributed by atoms with Crippen molar-refractivity contribution in [2.75, 3.05) is 0 Å². The molecule has 1 saturated carbocycles. The van der Waals surface area contributed by atoms with Crippen LogP contribution in [0.3, 0.4) is 0 Å². The van der Waals surface area contributed by atoms with Gasteiger partial charge in [0, 0.05) is 6.54 Å². The van der Waals surface area contributed by atoms with Crippen molar-refractivity contribution in [2.45, 2.75) is 58.0 Å². The maximum Gasteiger partial charge on any atom is 0.130 e. The summed E-state index contributed by atoms with van der Waals surface area (Å²) in [4.78, 5) is 4.88. The van der Waals surface area contributed by atoms with Gasteiger partial charge in [-0.2, -0.15) is 0 Å². The van der Waals surface area contributed by atoms with Crippen molar-refractivity contribution in [3.05, 3.63) is 29.6 Å². The van der Waals surface area contributed by atoms with Gasteiger partial charge in [-0.25, -0.2) is 4.98 Å². The summed E-state index contributed by atoms with van der Waals surface area (Å²) in [6.45, 7) is 5.33. The molecule has 1 aliphatic carbocycles. The third-order valence-corrected chi connectivity index (χ3v) is 4.29. The summed E-state index contributed by atoms with van der Waals surface area (Å²) < 4.78 is 2.35. The average Bonchev–Trinajstić information content (AvgIpc) is 2.95. The van der Waals surface area contributed by atoms with Crippen molar-refractivity contribution in [1.29, 1.82) is 0 Å². The van der Waals surface area contributed by atoms with Crippen LogP contribution in [0.2, 0.25) is 0 Å². The Labute approximate surface area is 114 Å². The number of nitrogens with two attached hydrogens (primary N) is 1. The summed E-state index contributed by atoms with van der Waals surface area (Å²) in [7, 11) is 0. The van der Waals surface area contributed by atoms with E-state index in [0.717, 1.165) is 37.1 Å². The van der Waals surface area contributed by atoms with E-state index in [2.05, 4.69) is 36.6 Å². The maximum absolute atomic E-state index is 6.63. The molecule has 2 aromatic rings. The Morgan fingerprint density at radius 1 is 1.32 bits per heavy atom. The number of benzene rings is 1. The molecular formula is C16H23N3. The molecule has 1 aromatic heterocycles. The van der Waals surface area contributed by atoms with E-state index >= 15 is 0 Å². The lowest BCUT2D eigenvalue weighted by Gasteiger charge is -2.24. The van der Waals surface area contributed by atoms with Crippen molar-refractivity contribution in [3.63, 3.8) is 0 Å². The molecule has 2 N–H and O–H groups in total. The normalized spacial score (nSPS) is 18.3. The van der Waals surface area contributed by atoms with Gasteiger partial charge in [-0.05, 0) is 43.9 Å². The van der Waals surface area contributed by atoms with Crippen LogP contribution in [0.4, 0.5) is 0 Å². The van der Waals surface area contributed by atoms with E-state index in [1.54, 1.807) is 0 Å². The fourth-order valence-electron chi connectivity index (χ4n) is 3.30. The first-order chi connectivity index (χ1) is 9.14. The van der Waals surface area contributed by atoms with Crippen molar-refractivity contribution >= 4 is 11.0 Å². The van der Waals surface area contributed by atoms with E-state index in [1.165, 1.54) is 23.9 Å². The van der Waals surface area contributed by atoms with Gasteiger partial charge in [0.25, 0.3) is 0 Å². The second-order valence-corrected chi connectivity index (χ2v) is 5.94. The lowest BCUT2D eigenvalue weighted by molar-refractivity contribution is 0.409. The molecule has 19 heavy (non-hydrogen) atoms. The second kappa shape index (κ2) is 4.64. The Kier molecular flexibility index (Phi) is 3.09. The van der Waals surface area contributed by atoms with Gasteiger partial charge in [-0.1, -0.05) is 25.8 Å². The largest absolute Gasteiger partial charge is 0.326 e. The summed E-state index contributed by atoms with van der Waals surface area (Å²) in [6.07, 6.45) is 5.70. The summed E-state index contributed by atoms with van der Waals surface area (Å²) in [5, 5.41) is 0. The first-order valence-corrected chi connectivity index (χ1v) is 7.40. The zero-order chi connectivity index (χ0) is 13.5. The van der Waals surface area contributed by atoms with Crippen molar-refractivity contribution < 1.29 is 0 Å². The second-order valence-electron chi connectivity index (χ2n) is 5.94. The van der Waals surface area contributed by atoms with Gasteiger partial charge in [0.1, 0.15) is 5.82 Å². The first kappa shape index (κ1) is 12.7. The molecule has 0 radical (unpaired) electrons. The summed E-state index contributed by atoms with van der Waals surface area (Å²) in [5.41, 5.74) is 10.0. The Balaban J connectivity index is 2.19. The van der Waals surface area contributed by atoms with Crippen LogP contribution in [0.25, 0.3) is 11.0 Å². The summed E-state index contributed by atoms with van der Waals surface area (Å²) in [6, 6.07) is 6.52. The third-order valence-electron chi connectivity index (χ3n) is 4.29. The molecule has 1 aliphatic rings. The molecule has 1 fully saturated rings. The zero-order valence-corrected chi connectivity index (χ0v) is 11.9. The highest BCUT2D eigenvalue weighted by Crippen LogP contribution is 2.37. The minimum Gasteiger partial charge on any atom is -0.326 e. The Morgan fingerprint density at radius 3 is 2.74 bits per heavy atom. The van der Waals surface area contributed by atoms with Gasteiger partial charge < -0.3 is 10.3 Å². The fraction of sp³-hybridized carbons (Fsp3) is 0.562. The fourth-order valence-corrected chi connectivity index (χ4v) is 3.30. The minimum absolute atomic E-state index is 0.206. The molecule has 102 valence electrons. The Bertz CT molecular complexity index is 591. The highest BCUT2D eigenvalue weighted by Gasteiger charge is 2.36. The van der Waals surface area contributed by atoms with Crippen LogP contribution in [0.1, 0.15) is 50.4 Å². The van der Waals surface area contributed by atoms with Crippen molar-refractivity contribution in [1.82, 2.24) is 9.55 Å². The highest BCUT2D eigenvalue weighted by atomic mass is 15.1. The molecule has 0 amide bonds. The standard InChI is InChI=1S/C16H23N3/c1-3-10-19-14-7-6-12(2)11-13(14)18-15(19)16(17)8-4-5-9-16/h6-7,11H,3-5,8-10,17H2,1-2H3. The summed E-state index contributed by atoms with van der Waals surface area (Å²) >= 11 is 0. The predicted octanol–water partition coefficient (Wildman–Crippen LogP) is 3.48. The molecule has 1 aromatic carbocycles. The van der Waals surface area contributed by atoms with E-state index < -0.39 is 0 Å². The van der Waals surface area contributed by atoms with Crippen LogP contribution in [-0.2, 0) is 12.1 Å². The molecule has 0 spiro atoms. The lowest BCUT2D eigenvalue weighted by Crippen LogP contribution is -2.36. The number of fused-ring (bicyclic) bond motifs is 1. The number of nitrogens with zero attached hydrogens (tertiary/aromatic N) is 2. The quantitative estimate of drug-likeness (QED) is 0.914. The van der Waals surface area contributed by atoms with E-state index in [0.29, 0.717) is 0 Å². The van der Waals surface area contributed by atoms with E-state index in [1.807, 2.05) is 0 Å². The average molecular weight is 257 g/mol. The van der Waals surface area contributed by atoms with Gasteiger partial charge in [-0.3, -0.25) is 0 Å². The third kappa shape index (κ3) is 2.06. The van der Waals surface area contributed by atoms with Gasteiger partial charge in [0.05, 0.1) is 16.6 Å². The Morgan fingerprint density at radius 2 is 2.05 bits per heavy atom. The van der Waals surface area contributed by atoms with Crippen LogP contribution in [0, 0.1) is 6.92 Å². The van der Waals surface area contributed by atoms with E-state index in [9.17, 15) is 0 Å². The number of aromatic nitrogens is 2. The molecule has 0 atom stereocenters. The van der Waals surface area contributed by atoms with E-state index in [4.69, 9.17) is 10.7 Å². The SMILES string of the molecule is CCCn1c(C2(N)CCCC2)nc2cc(C)ccc21.